The third-order valence-electron chi connectivity index (χ3n) is 7.04. The molecule has 0 unspecified atom stereocenters. The molecule has 0 spiro atoms. The molecule has 0 aromatic heterocycles. The van der Waals surface area contributed by atoms with Gasteiger partial charge in [-0.15, -0.1) is 0 Å². The van der Waals surface area contributed by atoms with Gasteiger partial charge in [0, 0.05) is 34.6 Å². The first-order valence-electron chi connectivity index (χ1n) is 14.3. The van der Waals surface area contributed by atoms with E-state index in [2.05, 4.69) is 5.32 Å². The van der Waals surface area contributed by atoms with E-state index >= 15 is 0 Å². The molecule has 0 heterocycles. The molecule has 2 amide bonds. The summed E-state index contributed by atoms with van der Waals surface area (Å²) in [6.07, 6.45) is 0.189. The van der Waals surface area contributed by atoms with Crippen LogP contribution in [0.15, 0.2) is 108 Å². The average molecular weight is 687 g/mol. The minimum absolute atomic E-state index is 0.00978. The van der Waals surface area contributed by atoms with Crippen LogP contribution < -0.4 is 9.62 Å². The Labute approximate surface area is 279 Å². The first-order chi connectivity index (χ1) is 21.5. The van der Waals surface area contributed by atoms with Gasteiger partial charge < -0.3 is 10.2 Å². The Morgan fingerprint density at radius 1 is 0.800 bits per heavy atom. The molecular weight excluding hydrogens is 653 g/mol. The van der Waals surface area contributed by atoms with Crippen molar-refractivity contribution in [3.05, 3.63) is 129 Å². The van der Waals surface area contributed by atoms with Gasteiger partial charge in [0.1, 0.15) is 12.6 Å². The number of amides is 2. The van der Waals surface area contributed by atoms with Gasteiger partial charge in [0.25, 0.3) is 10.0 Å². The van der Waals surface area contributed by atoms with Gasteiger partial charge in [-0.05, 0) is 65.6 Å². The number of hydrogen-bond donors (Lipinski definition) is 1. The highest BCUT2D eigenvalue weighted by atomic mass is 35.5. The molecule has 45 heavy (non-hydrogen) atoms. The zero-order valence-electron chi connectivity index (χ0n) is 24.9. The molecule has 1 N–H and O–H groups in total. The summed E-state index contributed by atoms with van der Waals surface area (Å²) in [5.74, 6) is -0.802. The molecule has 0 radical (unpaired) electrons. The van der Waals surface area contributed by atoms with Crippen LogP contribution in [0.1, 0.15) is 25.0 Å². The molecule has 0 bridgehead atoms. The molecule has 0 fully saturated rings. The lowest BCUT2D eigenvalue weighted by molar-refractivity contribution is -0.140. The van der Waals surface area contributed by atoms with Gasteiger partial charge in [-0.2, -0.15) is 0 Å². The Morgan fingerprint density at radius 2 is 1.40 bits per heavy atom. The largest absolute Gasteiger partial charge is 0.354 e. The van der Waals surface area contributed by atoms with Crippen LogP contribution in [0.3, 0.4) is 0 Å². The van der Waals surface area contributed by atoms with Gasteiger partial charge >= 0.3 is 0 Å². The molecule has 0 saturated heterocycles. The van der Waals surface area contributed by atoms with E-state index in [-0.39, 0.29) is 35.4 Å². The fourth-order valence-corrected chi connectivity index (χ4v) is 6.70. The summed E-state index contributed by atoms with van der Waals surface area (Å²) < 4.78 is 29.0. The van der Waals surface area contributed by atoms with E-state index in [4.69, 9.17) is 34.8 Å². The van der Waals surface area contributed by atoms with E-state index in [9.17, 15) is 18.0 Å². The number of halogens is 3. The van der Waals surface area contributed by atoms with Gasteiger partial charge in [-0.3, -0.25) is 13.9 Å². The van der Waals surface area contributed by atoms with Crippen molar-refractivity contribution in [3.63, 3.8) is 0 Å². The van der Waals surface area contributed by atoms with Crippen LogP contribution in [0.4, 0.5) is 5.69 Å². The topological polar surface area (TPSA) is 86.8 Å². The smallest absolute Gasteiger partial charge is 0.264 e. The van der Waals surface area contributed by atoms with Gasteiger partial charge in [0.05, 0.1) is 10.6 Å². The fraction of sp³-hybridized carbons (Fsp3) is 0.235. The maximum Gasteiger partial charge on any atom is 0.264 e. The summed E-state index contributed by atoms with van der Waals surface area (Å²) in [6.45, 7) is 3.68. The van der Waals surface area contributed by atoms with E-state index in [1.165, 1.54) is 29.2 Å². The van der Waals surface area contributed by atoms with Gasteiger partial charge in [-0.1, -0.05) is 103 Å². The van der Waals surface area contributed by atoms with Crippen LogP contribution in [-0.4, -0.2) is 44.3 Å². The maximum absolute atomic E-state index is 14.5. The molecule has 0 aliphatic carbocycles. The second-order valence-electron chi connectivity index (χ2n) is 10.9. The lowest BCUT2D eigenvalue weighted by atomic mass is 10.0. The highest BCUT2D eigenvalue weighted by molar-refractivity contribution is 7.92. The van der Waals surface area contributed by atoms with Crippen LogP contribution in [0, 0.1) is 5.92 Å². The number of anilines is 1. The van der Waals surface area contributed by atoms with Crippen molar-refractivity contribution < 1.29 is 18.0 Å². The van der Waals surface area contributed by atoms with Crippen LogP contribution in [-0.2, 0) is 32.6 Å². The standard InChI is InChI=1S/C34H34Cl3N3O4S/c1-24(2)21-38-34(42)32(19-25-9-5-3-6-10-25)39(22-26-13-14-28(36)20-31(26)37)33(41)23-40(29-17-15-27(35)16-18-29)45(43,44)30-11-7-4-8-12-30/h3-18,20,24,32H,19,21-23H2,1-2H3,(H,38,42)/t32-/m0/s1. The molecule has 0 saturated carbocycles. The summed E-state index contributed by atoms with van der Waals surface area (Å²) >= 11 is 18.8. The number of carbonyl (C=O) groups is 2. The summed E-state index contributed by atoms with van der Waals surface area (Å²) in [6, 6.07) is 27.3. The summed E-state index contributed by atoms with van der Waals surface area (Å²) in [5.41, 5.74) is 1.62. The van der Waals surface area contributed by atoms with E-state index in [1.54, 1.807) is 48.5 Å². The lowest BCUT2D eigenvalue weighted by Gasteiger charge is -2.34. The normalized spacial score (nSPS) is 12.0. The molecular formula is C34H34Cl3N3O4S. The Morgan fingerprint density at radius 3 is 2.00 bits per heavy atom. The summed E-state index contributed by atoms with van der Waals surface area (Å²) in [4.78, 5) is 29.7. The van der Waals surface area contributed by atoms with Crippen molar-refractivity contribution in [1.29, 1.82) is 0 Å². The molecule has 236 valence electrons. The third-order valence-corrected chi connectivity index (χ3v) is 9.66. The number of rotatable bonds is 13. The molecule has 11 heteroatoms. The van der Waals surface area contributed by atoms with Gasteiger partial charge in [-0.25, -0.2) is 8.42 Å². The van der Waals surface area contributed by atoms with Crippen molar-refractivity contribution in [1.82, 2.24) is 10.2 Å². The zero-order valence-corrected chi connectivity index (χ0v) is 28.0. The Balaban J connectivity index is 1.81. The minimum atomic E-state index is -4.21. The van der Waals surface area contributed by atoms with Crippen LogP contribution >= 0.6 is 34.8 Å². The first-order valence-corrected chi connectivity index (χ1v) is 16.9. The third kappa shape index (κ3) is 9.23. The number of carbonyl (C=O) groups excluding carboxylic acids is 2. The fourth-order valence-electron chi connectivity index (χ4n) is 4.67. The van der Waals surface area contributed by atoms with E-state index < -0.39 is 28.5 Å². The lowest BCUT2D eigenvalue weighted by Crippen LogP contribution is -2.53. The molecule has 4 aromatic carbocycles. The predicted molar refractivity (Wildman–Crippen MR) is 181 cm³/mol. The minimum Gasteiger partial charge on any atom is -0.354 e. The molecule has 4 aromatic rings. The monoisotopic (exact) mass is 685 g/mol. The molecule has 7 nitrogen and oxygen atoms in total. The number of sulfonamides is 1. The quantitative estimate of drug-likeness (QED) is 0.161. The van der Waals surface area contributed by atoms with Crippen molar-refractivity contribution in [2.45, 2.75) is 37.8 Å². The van der Waals surface area contributed by atoms with E-state index in [0.29, 0.717) is 27.2 Å². The predicted octanol–water partition coefficient (Wildman–Crippen LogP) is 7.25. The summed E-state index contributed by atoms with van der Waals surface area (Å²) in [5, 5.41) is 4.10. The van der Waals surface area contributed by atoms with Crippen LogP contribution in [0.2, 0.25) is 15.1 Å². The highest BCUT2D eigenvalue weighted by Gasteiger charge is 2.35. The maximum atomic E-state index is 14.5. The van der Waals surface area contributed by atoms with E-state index in [1.807, 2.05) is 44.2 Å². The molecule has 1 atom stereocenters. The van der Waals surface area contributed by atoms with E-state index in [0.717, 1.165) is 9.87 Å². The zero-order chi connectivity index (χ0) is 32.6. The first kappa shape index (κ1) is 34.3. The Hall–Kier alpha value is -3.56. The number of nitrogens with zero attached hydrogens (tertiary/aromatic N) is 2. The van der Waals surface area contributed by atoms with Crippen molar-refractivity contribution in [2.75, 3.05) is 17.4 Å². The Bertz CT molecular complexity index is 1700. The summed E-state index contributed by atoms with van der Waals surface area (Å²) in [7, 11) is -4.21. The highest BCUT2D eigenvalue weighted by Crippen LogP contribution is 2.28. The molecule has 0 aliphatic rings. The SMILES string of the molecule is CC(C)CNC(=O)[C@H](Cc1ccccc1)N(Cc1ccc(Cl)cc1Cl)C(=O)CN(c1ccc(Cl)cc1)S(=O)(=O)c1ccccc1. The van der Waals surface area contributed by atoms with Crippen molar-refractivity contribution in [3.8, 4) is 0 Å². The Kier molecular flexibility index (Phi) is 11.9. The van der Waals surface area contributed by atoms with Crippen LogP contribution in [0.5, 0.6) is 0 Å². The van der Waals surface area contributed by atoms with Crippen LogP contribution in [0.25, 0.3) is 0 Å². The number of benzene rings is 4. The second kappa shape index (κ2) is 15.6. The second-order valence-corrected chi connectivity index (χ2v) is 14.0. The van der Waals surface area contributed by atoms with Gasteiger partial charge in [0.2, 0.25) is 11.8 Å². The average Bonchev–Trinajstić information content (AvgIpc) is 3.02. The molecule has 4 rings (SSSR count). The van der Waals surface area contributed by atoms with Crippen molar-refractivity contribution in [2.24, 2.45) is 5.92 Å². The van der Waals surface area contributed by atoms with Gasteiger partial charge in [0.15, 0.2) is 0 Å². The number of hydrogen-bond acceptors (Lipinski definition) is 4. The number of nitrogens with one attached hydrogen (secondary N) is 1. The van der Waals surface area contributed by atoms with Crippen molar-refractivity contribution >= 4 is 62.3 Å². The molecule has 0 aliphatic heterocycles.